The second kappa shape index (κ2) is 10.7. The summed E-state index contributed by atoms with van der Waals surface area (Å²) in [7, 11) is 0. The van der Waals surface area contributed by atoms with Crippen molar-refractivity contribution < 1.29 is 4.74 Å². The minimum absolute atomic E-state index is 0.654. The number of benzene rings is 2. The molecule has 0 amide bonds. The Labute approximate surface area is 179 Å². The molecule has 1 aromatic heterocycles. The van der Waals surface area contributed by atoms with E-state index in [4.69, 9.17) is 4.74 Å². The highest BCUT2D eigenvalue weighted by Gasteiger charge is 2.16. The van der Waals surface area contributed by atoms with E-state index < -0.39 is 0 Å². The molecule has 0 N–H and O–H groups in total. The molecule has 2 heterocycles. The van der Waals surface area contributed by atoms with Gasteiger partial charge in [0.05, 0.1) is 12.3 Å². The zero-order valence-corrected chi connectivity index (χ0v) is 17.5. The van der Waals surface area contributed by atoms with Crippen molar-refractivity contribution >= 4 is 5.69 Å². The molecule has 0 bridgehead atoms. The second-order valence-electron chi connectivity index (χ2n) is 7.68. The van der Waals surface area contributed by atoms with Crippen molar-refractivity contribution in [2.75, 3.05) is 44.2 Å². The number of rotatable bonds is 9. The highest BCUT2D eigenvalue weighted by molar-refractivity contribution is 5.59. The lowest BCUT2D eigenvalue weighted by Gasteiger charge is -2.36. The third kappa shape index (κ3) is 5.80. The van der Waals surface area contributed by atoms with Crippen molar-refractivity contribution in [3.63, 3.8) is 0 Å². The van der Waals surface area contributed by atoms with E-state index in [2.05, 4.69) is 50.1 Å². The smallest absolute Gasteiger partial charge is 0.216 e. The maximum absolute atomic E-state index is 5.85. The molecule has 2 aromatic carbocycles. The molecule has 0 unspecified atom stereocenters. The first-order valence-corrected chi connectivity index (χ1v) is 10.9. The van der Waals surface area contributed by atoms with Gasteiger partial charge in [-0.15, -0.1) is 0 Å². The van der Waals surface area contributed by atoms with Crippen molar-refractivity contribution in [1.82, 2.24) is 14.9 Å². The quantitative estimate of drug-likeness (QED) is 0.493. The van der Waals surface area contributed by atoms with Crippen molar-refractivity contribution in [3.8, 4) is 17.1 Å². The summed E-state index contributed by atoms with van der Waals surface area (Å²) in [6.45, 7) is 6.40. The first-order chi connectivity index (χ1) is 14.9. The van der Waals surface area contributed by atoms with Crippen LogP contribution >= 0.6 is 0 Å². The van der Waals surface area contributed by atoms with Gasteiger partial charge in [-0.05, 0) is 37.9 Å². The molecule has 5 heteroatoms. The number of nitrogens with zero attached hydrogens (tertiary/aromatic N) is 4. The first-order valence-electron chi connectivity index (χ1n) is 10.9. The van der Waals surface area contributed by atoms with Crippen molar-refractivity contribution in [2.24, 2.45) is 0 Å². The largest absolute Gasteiger partial charge is 0.478 e. The molecule has 3 aromatic rings. The highest BCUT2D eigenvalue weighted by atomic mass is 16.5. The summed E-state index contributed by atoms with van der Waals surface area (Å²) < 4.78 is 5.85. The predicted molar refractivity (Wildman–Crippen MR) is 122 cm³/mol. The Morgan fingerprint density at radius 2 is 1.50 bits per heavy atom. The molecule has 1 saturated heterocycles. The van der Waals surface area contributed by atoms with E-state index in [1.807, 2.05) is 36.4 Å². The highest BCUT2D eigenvalue weighted by Crippen LogP contribution is 2.19. The molecule has 0 saturated carbocycles. The molecule has 1 aliphatic heterocycles. The Morgan fingerprint density at radius 1 is 0.767 bits per heavy atom. The van der Waals surface area contributed by atoms with Gasteiger partial charge in [-0.25, -0.2) is 9.97 Å². The van der Waals surface area contributed by atoms with Gasteiger partial charge in [-0.3, -0.25) is 4.90 Å². The summed E-state index contributed by atoms with van der Waals surface area (Å²) >= 11 is 0. The number of unbranched alkanes of at least 4 members (excludes halogenated alkanes) is 2. The average molecular weight is 403 g/mol. The van der Waals surface area contributed by atoms with Crippen LogP contribution < -0.4 is 9.64 Å². The summed E-state index contributed by atoms with van der Waals surface area (Å²) in [5, 5.41) is 0. The van der Waals surface area contributed by atoms with E-state index in [1.165, 1.54) is 25.1 Å². The Hall–Kier alpha value is -2.92. The molecule has 0 aliphatic carbocycles. The molecule has 4 rings (SSSR count). The van der Waals surface area contributed by atoms with Crippen molar-refractivity contribution in [1.29, 1.82) is 0 Å². The lowest BCUT2D eigenvalue weighted by molar-refractivity contribution is 0.245. The normalized spacial score (nSPS) is 14.6. The lowest BCUT2D eigenvalue weighted by Crippen LogP contribution is -2.46. The number of ether oxygens (including phenoxy) is 1. The zero-order valence-electron chi connectivity index (χ0n) is 17.5. The van der Waals surface area contributed by atoms with Gasteiger partial charge in [-0.1, -0.05) is 48.5 Å². The van der Waals surface area contributed by atoms with Crippen LogP contribution in [0.25, 0.3) is 11.3 Å². The van der Waals surface area contributed by atoms with Crippen LogP contribution in [0, 0.1) is 0 Å². The van der Waals surface area contributed by atoms with Gasteiger partial charge in [0.25, 0.3) is 0 Å². The Balaban J connectivity index is 1.11. The monoisotopic (exact) mass is 402 g/mol. The molecular formula is C25H30N4O. The van der Waals surface area contributed by atoms with Gasteiger partial charge in [0.1, 0.15) is 6.33 Å². The van der Waals surface area contributed by atoms with E-state index in [-0.39, 0.29) is 0 Å². The SMILES string of the molecule is c1ccc(-c2cc(OCCCCCN3CCN(c4ccccc4)CC3)ncn2)cc1. The predicted octanol–water partition coefficient (Wildman–Crippen LogP) is 4.51. The van der Waals surface area contributed by atoms with Gasteiger partial charge in [0.15, 0.2) is 0 Å². The van der Waals surface area contributed by atoms with E-state index in [0.717, 1.165) is 43.9 Å². The van der Waals surface area contributed by atoms with Crippen LogP contribution in [-0.4, -0.2) is 54.2 Å². The Morgan fingerprint density at radius 3 is 2.27 bits per heavy atom. The van der Waals surface area contributed by atoms with Crippen molar-refractivity contribution in [2.45, 2.75) is 19.3 Å². The topological polar surface area (TPSA) is 41.5 Å². The van der Waals surface area contributed by atoms with E-state index in [9.17, 15) is 0 Å². The minimum atomic E-state index is 0.654. The van der Waals surface area contributed by atoms with E-state index in [0.29, 0.717) is 12.5 Å². The number of aromatic nitrogens is 2. The second-order valence-corrected chi connectivity index (χ2v) is 7.68. The van der Waals surface area contributed by atoms with Crippen LogP contribution in [-0.2, 0) is 0 Å². The minimum Gasteiger partial charge on any atom is -0.478 e. The Kier molecular flexibility index (Phi) is 7.29. The fourth-order valence-electron chi connectivity index (χ4n) is 3.84. The molecule has 0 radical (unpaired) electrons. The maximum atomic E-state index is 5.85. The zero-order chi connectivity index (χ0) is 20.4. The Bertz CT molecular complexity index is 880. The van der Waals surface area contributed by atoms with Gasteiger partial charge >= 0.3 is 0 Å². The molecule has 30 heavy (non-hydrogen) atoms. The third-order valence-corrected chi connectivity index (χ3v) is 5.57. The van der Waals surface area contributed by atoms with Crippen LogP contribution in [0.15, 0.2) is 73.1 Å². The van der Waals surface area contributed by atoms with Crippen LogP contribution in [0.4, 0.5) is 5.69 Å². The summed E-state index contributed by atoms with van der Waals surface area (Å²) in [4.78, 5) is 13.6. The fourth-order valence-corrected chi connectivity index (χ4v) is 3.84. The molecule has 1 aliphatic rings. The third-order valence-electron chi connectivity index (χ3n) is 5.57. The van der Waals surface area contributed by atoms with E-state index in [1.54, 1.807) is 6.33 Å². The number of hydrogen-bond donors (Lipinski definition) is 0. The summed E-state index contributed by atoms with van der Waals surface area (Å²) in [6.07, 6.45) is 5.02. The number of piperazine rings is 1. The maximum Gasteiger partial charge on any atom is 0.216 e. The first kappa shape index (κ1) is 20.4. The van der Waals surface area contributed by atoms with E-state index >= 15 is 0 Å². The molecular weight excluding hydrogens is 372 g/mol. The van der Waals surface area contributed by atoms with Crippen molar-refractivity contribution in [3.05, 3.63) is 73.1 Å². The average Bonchev–Trinajstić information content (AvgIpc) is 2.83. The number of para-hydroxylation sites is 1. The van der Waals surface area contributed by atoms with Crippen LogP contribution in [0.2, 0.25) is 0 Å². The molecule has 0 spiro atoms. The molecule has 1 fully saturated rings. The number of hydrogen-bond acceptors (Lipinski definition) is 5. The molecule has 0 atom stereocenters. The molecule has 5 nitrogen and oxygen atoms in total. The summed E-state index contributed by atoms with van der Waals surface area (Å²) in [5.41, 5.74) is 3.32. The lowest BCUT2D eigenvalue weighted by atomic mass is 10.1. The van der Waals surface area contributed by atoms with Crippen LogP contribution in [0.1, 0.15) is 19.3 Å². The van der Waals surface area contributed by atoms with Gasteiger partial charge in [0.2, 0.25) is 5.88 Å². The van der Waals surface area contributed by atoms with Gasteiger partial charge in [-0.2, -0.15) is 0 Å². The van der Waals surface area contributed by atoms with Crippen LogP contribution in [0.5, 0.6) is 5.88 Å². The number of anilines is 1. The summed E-state index contributed by atoms with van der Waals surface area (Å²) in [5.74, 6) is 0.654. The van der Waals surface area contributed by atoms with Gasteiger partial charge < -0.3 is 9.64 Å². The van der Waals surface area contributed by atoms with Gasteiger partial charge in [0, 0.05) is 43.5 Å². The standard InChI is InChI=1S/C25H30N4O/c1-4-10-22(11-5-1)24-20-25(27-21-26-24)30-19-9-3-8-14-28-15-17-29(18-16-28)23-12-6-2-7-13-23/h1-2,4-7,10-13,20-21H,3,8-9,14-19H2. The van der Waals surface area contributed by atoms with Crippen LogP contribution in [0.3, 0.4) is 0 Å². The fraction of sp³-hybridized carbons (Fsp3) is 0.360. The molecule has 156 valence electrons. The summed E-state index contributed by atoms with van der Waals surface area (Å²) in [6, 6.07) is 22.8.